The van der Waals surface area contributed by atoms with Crippen LogP contribution in [0.3, 0.4) is 0 Å². The predicted octanol–water partition coefficient (Wildman–Crippen LogP) is 3.08. The lowest BCUT2D eigenvalue weighted by Gasteiger charge is -2.11. The lowest BCUT2D eigenvalue weighted by molar-refractivity contribution is 0.102. The van der Waals surface area contributed by atoms with Gasteiger partial charge in [0, 0.05) is 29.4 Å². The van der Waals surface area contributed by atoms with Gasteiger partial charge in [-0.3, -0.25) is 4.79 Å². The van der Waals surface area contributed by atoms with E-state index in [1.54, 1.807) is 6.07 Å². The number of nitrogens with zero attached hydrogens (tertiary/aromatic N) is 2. The summed E-state index contributed by atoms with van der Waals surface area (Å²) in [6, 6.07) is 9.01. The number of rotatable bonds is 5. The molecule has 23 heavy (non-hydrogen) atoms. The van der Waals surface area contributed by atoms with Crippen LogP contribution in [0.1, 0.15) is 23.3 Å². The Kier molecular flexibility index (Phi) is 5.19. The van der Waals surface area contributed by atoms with Crippen LogP contribution in [0.15, 0.2) is 41.1 Å². The van der Waals surface area contributed by atoms with Crippen LogP contribution in [0.5, 0.6) is 0 Å². The van der Waals surface area contributed by atoms with E-state index in [0.29, 0.717) is 23.7 Å². The number of carbonyl (C=O) groups is 1. The Bertz CT molecular complexity index is 672. The van der Waals surface area contributed by atoms with Crippen molar-refractivity contribution in [2.75, 3.05) is 23.8 Å². The number of aromatic nitrogens is 2. The maximum atomic E-state index is 12.2. The fraction of sp³-hybridized carbons (Fsp3) is 0.312. The van der Waals surface area contributed by atoms with E-state index in [-0.39, 0.29) is 12.0 Å². The van der Waals surface area contributed by atoms with E-state index >= 15 is 0 Å². The maximum Gasteiger partial charge on any atom is 0.274 e. The summed E-state index contributed by atoms with van der Waals surface area (Å²) in [5.74, 6) is 0.353. The highest BCUT2D eigenvalue weighted by Gasteiger charge is 2.15. The van der Waals surface area contributed by atoms with Gasteiger partial charge in [0.05, 0.1) is 6.10 Å². The number of ether oxygens (including phenoxy) is 1. The van der Waals surface area contributed by atoms with Gasteiger partial charge in [-0.2, -0.15) is 0 Å². The number of hydrogen-bond donors (Lipinski definition) is 2. The molecule has 0 radical (unpaired) electrons. The molecule has 1 saturated heterocycles. The molecule has 0 aliphatic carbocycles. The van der Waals surface area contributed by atoms with Crippen molar-refractivity contribution in [2.45, 2.75) is 18.9 Å². The standard InChI is InChI=1S/C16H17BrN4O2/c17-11-3-5-12(6-4-11)21-16(22)14-8-15(20-10-19-14)18-9-13-2-1-7-23-13/h3-6,8,10,13H,1-2,7,9H2,(H,21,22)(H,18,19,20). The lowest BCUT2D eigenvalue weighted by Crippen LogP contribution is -2.20. The van der Waals surface area contributed by atoms with E-state index in [2.05, 4.69) is 36.5 Å². The molecule has 1 aromatic heterocycles. The van der Waals surface area contributed by atoms with Crippen LogP contribution in [-0.2, 0) is 4.74 Å². The van der Waals surface area contributed by atoms with E-state index in [1.807, 2.05) is 24.3 Å². The molecular formula is C16H17BrN4O2. The van der Waals surface area contributed by atoms with Crippen molar-refractivity contribution in [3.05, 3.63) is 46.8 Å². The third-order valence-corrected chi connectivity index (χ3v) is 4.07. The molecule has 1 aromatic carbocycles. The molecule has 120 valence electrons. The summed E-state index contributed by atoms with van der Waals surface area (Å²) in [6.45, 7) is 1.50. The number of amides is 1. The highest BCUT2D eigenvalue weighted by Crippen LogP contribution is 2.16. The molecule has 1 aliphatic heterocycles. The van der Waals surface area contributed by atoms with Gasteiger partial charge >= 0.3 is 0 Å². The van der Waals surface area contributed by atoms with E-state index in [1.165, 1.54) is 6.33 Å². The van der Waals surface area contributed by atoms with Gasteiger partial charge in [-0.05, 0) is 37.1 Å². The van der Waals surface area contributed by atoms with Crippen LogP contribution < -0.4 is 10.6 Å². The zero-order chi connectivity index (χ0) is 16.1. The van der Waals surface area contributed by atoms with Gasteiger partial charge < -0.3 is 15.4 Å². The normalized spacial score (nSPS) is 17.0. The Hall–Kier alpha value is -1.99. The molecule has 3 rings (SSSR count). The first kappa shape index (κ1) is 15.9. The van der Waals surface area contributed by atoms with Crippen LogP contribution in [0.4, 0.5) is 11.5 Å². The second-order valence-corrected chi connectivity index (χ2v) is 6.18. The van der Waals surface area contributed by atoms with E-state index < -0.39 is 0 Å². The molecule has 2 N–H and O–H groups in total. The molecule has 6 nitrogen and oxygen atoms in total. The van der Waals surface area contributed by atoms with E-state index in [9.17, 15) is 4.79 Å². The Labute approximate surface area is 142 Å². The summed E-state index contributed by atoms with van der Waals surface area (Å²) in [6.07, 6.45) is 3.74. The minimum atomic E-state index is -0.269. The van der Waals surface area contributed by atoms with Crippen molar-refractivity contribution in [3.63, 3.8) is 0 Å². The number of anilines is 2. The Balaban J connectivity index is 1.61. The summed E-state index contributed by atoms with van der Waals surface area (Å²) in [5, 5.41) is 6.00. The first-order valence-corrected chi connectivity index (χ1v) is 8.24. The largest absolute Gasteiger partial charge is 0.376 e. The predicted molar refractivity (Wildman–Crippen MR) is 91.6 cm³/mol. The summed E-state index contributed by atoms with van der Waals surface area (Å²) in [7, 11) is 0. The fourth-order valence-electron chi connectivity index (χ4n) is 2.33. The topological polar surface area (TPSA) is 76.1 Å². The Morgan fingerprint density at radius 2 is 2.13 bits per heavy atom. The molecule has 1 aliphatic rings. The van der Waals surface area contributed by atoms with Gasteiger partial charge in [-0.25, -0.2) is 9.97 Å². The number of nitrogens with one attached hydrogen (secondary N) is 2. The first-order chi connectivity index (χ1) is 11.2. The quantitative estimate of drug-likeness (QED) is 0.838. The second-order valence-electron chi connectivity index (χ2n) is 5.27. The van der Waals surface area contributed by atoms with Crippen LogP contribution in [-0.4, -0.2) is 35.1 Å². The van der Waals surface area contributed by atoms with Crippen molar-refractivity contribution >= 4 is 33.3 Å². The van der Waals surface area contributed by atoms with Gasteiger partial charge in [-0.1, -0.05) is 15.9 Å². The lowest BCUT2D eigenvalue weighted by atomic mass is 10.2. The van der Waals surface area contributed by atoms with Gasteiger partial charge in [0.25, 0.3) is 5.91 Å². The second kappa shape index (κ2) is 7.52. The molecule has 1 unspecified atom stereocenters. The van der Waals surface area contributed by atoms with Crippen LogP contribution in [0, 0.1) is 0 Å². The van der Waals surface area contributed by atoms with Crippen LogP contribution in [0.25, 0.3) is 0 Å². The molecule has 1 amide bonds. The summed E-state index contributed by atoms with van der Waals surface area (Å²) in [5.41, 5.74) is 1.03. The molecular weight excluding hydrogens is 360 g/mol. The third-order valence-electron chi connectivity index (χ3n) is 3.54. The first-order valence-electron chi connectivity index (χ1n) is 7.45. The van der Waals surface area contributed by atoms with Crippen LogP contribution in [0.2, 0.25) is 0 Å². The summed E-state index contributed by atoms with van der Waals surface area (Å²) < 4.78 is 6.51. The number of hydrogen-bond acceptors (Lipinski definition) is 5. The average Bonchev–Trinajstić information content (AvgIpc) is 3.09. The highest BCUT2D eigenvalue weighted by atomic mass is 79.9. The van der Waals surface area contributed by atoms with E-state index in [0.717, 1.165) is 23.9 Å². The number of benzene rings is 1. The van der Waals surface area contributed by atoms with Crippen molar-refractivity contribution in [1.29, 1.82) is 0 Å². The van der Waals surface area contributed by atoms with Crippen LogP contribution >= 0.6 is 15.9 Å². The third kappa shape index (κ3) is 4.49. The van der Waals surface area contributed by atoms with Crippen molar-refractivity contribution in [2.24, 2.45) is 0 Å². The molecule has 0 spiro atoms. The van der Waals surface area contributed by atoms with Crippen molar-refractivity contribution < 1.29 is 9.53 Å². The minimum Gasteiger partial charge on any atom is -0.376 e. The molecule has 7 heteroatoms. The van der Waals surface area contributed by atoms with Crippen molar-refractivity contribution in [3.8, 4) is 0 Å². The monoisotopic (exact) mass is 376 g/mol. The SMILES string of the molecule is O=C(Nc1ccc(Br)cc1)c1cc(NCC2CCCO2)ncn1. The molecule has 2 aromatic rings. The zero-order valence-corrected chi connectivity index (χ0v) is 14.0. The molecule has 2 heterocycles. The van der Waals surface area contributed by atoms with Gasteiger partial charge in [0.1, 0.15) is 17.8 Å². The van der Waals surface area contributed by atoms with Crippen molar-refractivity contribution in [1.82, 2.24) is 9.97 Å². The van der Waals surface area contributed by atoms with Gasteiger partial charge in [0.2, 0.25) is 0 Å². The maximum absolute atomic E-state index is 12.2. The number of halogens is 1. The summed E-state index contributed by atoms with van der Waals surface area (Å²) in [4.78, 5) is 20.4. The summed E-state index contributed by atoms with van der Waals surface area (Å²) >= 11 is 3.36. The Morgan fingerprint density at radius 3 is 2.87 bits per heavy atom. The molecule has 0 saturated carbocycles. The fourth-order valence-corrected chi connectivity index (χ4v) is 2.59. The van der Waals surface area contributed by atoms with Gasteiger partial charge in [-0.15, -0.1) is 0 Å². The zero-order valence-electron chi connectivity index (χ0n) is 12.5. The van der Waals surface area contributed by atoms with E-state index in [4.69, 9.17) is 4.74 Å². The Morgan fingerprint density at radius 1 is 1.30 bits per heavy atom. The van der Waals surface area contributed by atoms with Gasteiger partial charge in [0.15, 0.2) is 0 Å². The molecule has 0 bridgehead atoms. The molecule has 1 atom stereocenters. The highest BCUT2D eigenvalue weighted by molar-refractivity contribution is 9.10. The number of carbonyl (C=O) groups excluding carboxylic acids is 1. The average molecular weight is 377 g/mol. The smallest absolute Gasteiger partial charge is 0.274 e. The minimum absolute atomic E-state index is 0.213. The molecule has 1 fully saturated rings.